The van der Waals surface area contributed by atoms with Crippen LogP contribution in [-0.4, -0.2) is 0 Å². The number of hydrogen-bond donors (Lipinski definition) is 0. The van der Waals surface area contributed by atoms with Crippen LogP contribution in [0.5, 0.6) is 0 Å². The van der Waals surface area contributed by atoms with E-state index in [1.165, 1.54) is 12.8 Å². The molecule has 0 unspecified atom stereocenters. The first kappa shape index (κ1) is 6.87. The van der Waals surface area contributed by atoms with Gasteiger partial charge in [-0.1, -0.05) is 13.8 Å². The maximum Gasteiger partial charge on any atom is 0.102 e. The molecule has 0 saturated carbocycles. The van der Waals surface area contributed by atoms with Gasteiger partial charge >= 0.3 is 0 Å². The molecular formula is C7H15+. The Labute approximate surface area is 46.9 Å². The molecule has 0 heterocycles. The summed E-state index contributed by atoms with van der Waals surface area (Å²) in [6, 6.07) is 0. The first-order chi connectivity index (χ1) is 3.12. The van der Waals surface area contributed by atoms with Crippen molar-refractivity contribution < 1.29 is 0 Å². The van der Waals surface area contributed by atoms with Crippen molar-refractivity contribution in [1.29, 1.82) is 0 Å². The second-order valence-corrected chi connectivity index (χ2v) is 2.52. The van der Waals surface area contributed by atoms with Crippen LogP contribution in [0.15, 0.2) is 0 Å². The molecule has 0 aromatic heterocycles. The Bertz CT molecular complexity index is 38.0. The van der Waals surface area contributed by atoms with Gasteiger partial charge in [0, 0.05) is 0 Å². The molecule has 0 aromatic carbocycles. The zero-order valence-electron chi connectivity index (χ0n) is 5.62. The van der Waals surface area contributed by atoms with Gasteiger partial charge < -0.3 is 0 Å². The average molecular weight is 99.2 g/mol. The lowest BCUT2D eigenvalue weighted by molar-refractivity contribution is 0.391. The van der Waals surface area contributed by atoms with E-state index < -0.39 is 0 Å². The van der Waals surface area contributed by atoms with Gasteiger partial charge in [-0.25, -0.2) is 0 Å². The van der Waals surface area contributed by atoms with Gasteiger partial charge in [0.2, 0.25) is 0 Å². The van der Waals surface area contributed by atoms with Crippen LogP contribution in [0.3, 0.4) is 0 Å². The predicted molar refractivity (Wildman–Crippen MR) is 34.0 cm³/mol. The SMILES string of the molecule is [CH2+]C(C)(CC)CC. The highest BCUT2D eigenvalue weighted by atomic mass is 14.1. The summed E-state index contributed by atoms with van der Waals surface area (Å²) in [5, 5.41) is 0. The fourth-order valence-electron chi connectivity index (χ4n) is 0.250. The van der Waals surface area contributed by atoms with E-state index >= 15 is 0 Å². The Morgan fingerprint density at radius 2 is 1.57 bits per heavy atom. The zero-order chi connectivity index (χ0) is 5.91. The summed E-state index contributed by atoms with van der Waals surface area (Å²) < 4.78 is 0. The normalized spacial score (nSPS) is 11.9. The Morgan fingerprint density at radius 3 is 1.57 bits per heavy atom. The minimum Gasteiger partial charge on any atom is -0.0608 e. The predicted octanol–water partition coefficient (Wildman–Crippen LogP) is 2.65. The lowest BCUT2D eigenvalue weighted by Crippen LogP contribution is -2.06. The van der Waals surface area contributed by atoms with E-state index in [-0.39, 0.29) is 0 Å². The highest BCUT2D eigenvalue weighted by Crippen LogP contribution is 2.22. The molecule has 0 saturated heterocycles. The molecule has 0 N–H and O–H groups in total. The van der Waals surface area contributed by atoms with Crippen molar-refractivity contribution >= 4 is 0 Å². The van der Waals surface area contributed by atoms with Crippen molar-refractivity contribution in [1.82, 2.24) is 0 Å². The van der Waals surface area contributed by atoms with E-state index in [1.54, 1.807) is 0 Å². The van der Waals surface area contributed by atoms with Crippen LogP contribution in [0.1, 0.15) is 33.6 Å². The van der Waals surface area contributed by atoms with Gasteiger partial charge in [-0.15, -0.1) is 0 Å². The Hall–Kier alpha value is -0.130. The van der Waals surface area contributed by atoms with E-state index in [4.69, 9.17) is 0 Å². The molecule has 7 heavy (non-hydrogen) atoms. The molecule has 0 spiro atoms. The molecule has 0 heteroatoms. The summed E-state index contributed by atoms with van der Waals surface area (Å²) in [5.74, 6) is 0. The molecule has 0 nitrogen and oxygen atoms in total. The molecule has 0 aliphatic heterocycles. The summed E-state index contributed by atoms with van der Waals surface area (Å²) in [4.78, 5) is 0. The topological polar surface area (TPSA) is 0 Å². The molecule has 0 aliphatic rings. The summed E-state index contributed by atoms with van der Waals surface area (Å²) in [7, 11) is 0. The Balaban J connectivity index is 3.36. The number of rotatable bonds is 2. The first-order valence-electron chi connectivity index (χ1n) is 2.97. The molecule has 0 fully saturated rings. The van der Waals surface area contributed by atoms with Crippen LogP contribution >= 0.6 is 0 Å². The summed E-state index contributed by atoms with van der Waals surface area (Å²) in [6.45, 7) is 10.5. The lowest BCUT2D eigenvalue weighted by Gasteiger charge is -2.09. The first-order valence-corrected chi connectivity index (χ1v) is 2.97. The molecule has 0 rings (SSSR count). The zero-order valence-corrected chi connectivity index (χ0v) is 5.62. The van der Waals surface area contributed by atoms with Crippen LogP contribution in [0.25, 0.3) is 0 Å². The quantitative estimate of drug-likeness (QED) is 0.467. The maximum absolute atomic E-state index is 4.01. The lowest BCUT2D eigenvalue weighted by atomic mass is 9.88. The number of hydrogen-bond acceptors (Lipinski definition) is 0. The third kappa shape index (κ3) is 2.55. The van der Waals surface area contributed by atoms with Crippen molar-refractivity contribution in [2.75, 3.05) is 0 Å². The van der Waals surface area contributed by atoms with Crippen LogP contribution in [-0.2, 0) is 0 Å². The third-order valence-corrected chi connectivity index (χ3v) is 1.71. The second-order valence-electron chi connectivity index (χ2n) is 2.52. The van der Waals surface area contributed by atoms with E-state index in [9.17, 15) is 0 Å². The maximum atomic E-state index is 4.01. The molecule has 0 bridgehead atoms. The molecule has 0 radical (unpaired) electrons. The highest BCUT2D eigenvalue weighted by molar-refractivity contribution is 4.71. The average Bonchev–Trinajstić information content (AvgIpc) is 1.68. The minimum absolute atomic E-state index is 0.333. The Kier molecular flexibility index (Phi) is 2.21. The van der Waals surface area contributed by atoms with Gasteiger partial charge in [-0.2, -0.15) is 0 Å². The summed E-state index contributed by atoms with van der Waals surface area (Å²) in [5.41, 5.74) is 0.333. The van der Waals surface area contributed by atoms with Crippen LogP contribution < -0.4 is 0 Å². The molecular weight excluding hydrogens is 84.1 g/mol. The smallest absolute Gasteiger partial charge is 0.0608 e. The van der Waals surface area contributed by atoms with Crippen molar-refractivity contribution in [3.63, 3.8) is 0 Å². The highest BCUT2D eigenvalue weighted by Gasteiger charge is 2.18. The Morgan fingerprint density at radius 1 is 1.29 bits per heavy atom. The van der Waals surface area contributed by atoms with Crippen molar-refractivity contribution in [3.05, 3.63) is 6.92 Å². The van der Waals surface area contributed by atoms with Gasteiger partial charge in [0.25, 0.3) is 0 Å². The second kappa shape index (κ2) is 2.25. The van der Waals surface area contributed by atoms with Crippen molar-refractivity contribution in [2.24, 2.45) is 5.41 Å². The van der Waals surface area contributed by atoms with Gasteiger partial charge in [0.15, 0.2) is 0 Å². The summed E-state index contributed by atoms with van der Waals surface area (Å²) >= 11 is 0. The third-order valence-electron chi connectivity index (χ3n) is 1.71. The molecule has 0 aliphatic carbocycles. The van der Waals surface area contributed by atoms with Gasteiger partial charge in [0.05, 0.1) is 6.92 Å². The van der Waals surface area contributed by atoms with Gasteiger partial charge in [0.1, 0.15) is 5.41 Å². The van der Waals surface area contributed by atoms with E-state index in [0.29, 0.717) is 5.41 Å². The summed E-state index contributed by atoms with van der Waals surface area (Å²) in [6.07, 6.45) is 2.37. The molecule has 42 valence electrons. The minimum atomic E-state index is 0.333. The largest absolute Gasteiger partial charge is 0.102 e. The van der Waals surface area contributed by atoms with E-state index in [1.807, 2.05) is 0 Å². The standard InChI is InChI=1S/C7H15/c1-5-7(3,4)6-2/h3,5-6H2,1-2,4H3/q+1. The van der Waals surface area contributed by atoms with Crippen molar-refractivity contribution in [2.45, 2.75) is 33.6 Å². The van der Waals surface area contributed by atoms with Gasteiger partial charge in [-0.05, 0) is 19.8 Å². The van der Waals surface area contributed by atoms with E-state index in [0.717, 1.165) is 0 Å². The van der Waals surface area contributed by atoms with Crippen LogP contribution in [0.2, 0.25) is 0 Å². The van der Waals surface area contributed by atoms with E-state index in [2.05, 4.69) is 27.7 Å². The van der Waals surface area contributed by atoms with Crippen molar-refractivity contribution in [3.8, 4) is 0 Å². The molecule has 0 atom stereocenters. The molecule has 0 aromatic rings. The fourth-order valence-corrected chi connectivity index (χ4v) is 0.250. The fraction of sp³-hybridized carbons (Fsp3) is 0.857. The molecule has 0 amide bonds. The van der Waals surface area contributed by atoms with Gasteiger partial charge in [-0.3, -0.25) is 0 Å². The van der Waals surface area contributed by atoms with Crippen LogP contribution in [0.4, 0.5) is 0 Å². The van der Waals surface area contributed by atoms with Crippen LogP contribution in [0, 0.1) is 12.3 Å². The monoisotopic (exact) mass is 99.1 g/mol.